The Kier molecular flexibility index (Phi) is 5.56. The van der Waals surface area contributed by atoms with E-state index in [2.05, 4.69) is 37.6 Å². The summed E-state index contributed by atoms with van der Waals surface area (Å²) >= 11 is 1.76. The first-order chi connectivity index (χ1) is 7.98. The molecule has 0 bridgehead atoms. The average molecular weight is 255 g/mol. The first-order valence-corrected chi connectivity index (χ1v) is 7.18. The van der Waals surface area contributed by atoms with Crippen molar-refractivity contribution in [3.05, 3.63) is 16.1 Å². The minimum atomic E-state index is 0.207. The molecule has 0 radical (unpaired) electrons. The minimum absolute atomic E-state index is 0.207. The molecule has 0 spiro atoms. The lowest BCUT2D eigenvalue weighted by molar-refractivity contribution is 0.192. The van der Waals surface area contributed by atoms with Crippen molar-refractivity contribution in [1.29, 1.82) is 0 Å². The molecule has 17 heavy (non-hydrogen) atoms. The molecule has 98 valence electrons. The van der Waals surface area contributed by atoms with Gasteiger partial charge in [0.15, 0.2) is 0 Å². The highest BCUT2D eigenvalue weighted by Crippen LogP contribution is 2.17. The molecule has 0 aliphatic carbocycles. The van der Waals surface area contributed by atoms with Crippen LogP contribution in [-0.4, -0.2) is 36.1 Å². The molecule has 0 saturated heterocycles. The Morgan fingerprint density at radius 1 is 1.47 bits per heavy atom. The number of hydrogen-bond donors (Lipinski definition) is 1. The van der Waals surface area contributed by atoms with Gasteiger partial charge in [0.05, 0.1) is 11.2 Å². The maximum Gasteiger partial charge on any atom is 0.0797 e. The van der Waals surface area contributed by atoms with Gasteiger partial charge in [-0.25, -0.2) is 4.98 Å². The van der Waals surface area contributed by atoms with Crippen LogP contribution in [0.15, 0.2) is 5.51 Å². The molecule has 3 nitrogen and oxygen atoms in total. The topological polar surface area (TPSA) is 42.2 Å². The Hall–Kier alpha value is -0.450. The van der Waals surface area contributed by atoms with E-state index in [4.69, 9.17) is 5.73 Å². The first kappa shape index (κ1) is 14.6. The van der Waals surface area contributed by atoms with Crippen LogP contribution in [-0.2, 0) is 6.42 Å². The Morgan fingerprint density at radius 3 is 2.65 bits per heavy atom. The molecule has 0 fully saturated rings. The Bertz CT molecular complexity index is 333. The fourth-order valence-electron chi connectivity index (χ4n) is 1.84. The molecule has 1 aromatic rings. The van der Waals surface area contributed by atoms with Gasteiger partial charge in [0.25, 0.3) is 0 Å². The molecular formula is C13H25N3S. The summed E-state index contributed by atoms with van der Waals surface area (Å²) in [5, 5.41) is 0. The summed E-state index contributed by atoms with van der Waals surface area (Å²) < 4.78 is 0. The van der Waals surface area contributed by atoms with E-state index in [0.717, 1.165) is 32.6 Å². The van der Waals surface area contributed by atoms with Crippen LogP contribution in [0.5, 0.6) is 0 Å². The van der Waals surface area contributed by atoms with E-state index in [1.165, 1.54) is 10.6 Å². The fourth-order valence-corrected chi connectivity index (χ4v) is 2.62. The third kappa shape index (κ3) is 4.74. The summed E-state index contributed by atoms with van der Waals surface area (Å²) in [5.41, 5.74) is 9.12. The lowest BCUT2D eigenvalue weighted by Crippen LogP contribution is -2.39. The van der Waals surface area contributed by atoms with Crippen LogP contribution >= 0.6 is 11.3 Å². The van der Waals surface area contributed by atoms with Gasteiger partial charge in [0.2, 0.25) is 0 Å². The predicted octanol–water partition coefficient (Wildman–Crippen LogP) is 2.30. The molecule has 0 aliphatic rings. The SMILES string of the molecule is CCN(CCc1scnc1C)CC(C)(C)CN. The van der Waals surface area contributed by atoms with Crippen molar-refractivity contribution in [2.75, 3.05) is 26.2 Å². The van der Waals surface area contributed by atoms with Gasteiger partial charge in [-0.1, -0.05) is 20.8 Å². The molecule has 1 rings (SSSR count). The zero-order chi connectivity index (χ0) is 12.9. The van der Waals surface area contributed by atoms with E-state index in [-0.39, 0.29) is 5.41 Å². The van der Waals surface area contributed by atoms with Gasteiger partial charge in [-0.05, 0) is 31.8 Å². The summed E-state index contributed by atoms with van der Waals surface area (Å²) in [4.78, 5) is 8.18. The van der Waals surface area contributed by atoms with Crippen molar-refractivity contribution >= 4 is 11.3 Å². The Labute approximate surface area is 109 Å². The van der Waals surface area contributed by atoms with E-state index < -0.39 is 0 Å². The highest BCUT2D eigenvalue weighted by atomic mass is 32.1. The number of aryl methyl sites for hydroxylation is 1. The third-order valence-electron chi connectivity index (χ3n) is 3.15. The highest BCUT2D eigenvalue weighted by Gasteiger charge is 2.19. The number of hydrogen-bond acceptors (Lipinski definition) is 4. The molecule has 1 heterocycles. The summed E-state index contributed by atoms with van der Waals surface area (Å²) in [7, 11) is 0. The Morgan fingerprint density at radius 2 is 2.18 bits per heavy atom. The summed E-state index contributed by atoms with van der Waals surface area (Å²) in [6.07, 6.45) is 1.10. The van der Waals surface area contributed by atoms with E-state index >= 15 is 0 Å². The zero-order valence-corrected chi connectivity index (χ0v) is 12.3. The van der Waals surface area contributed by atoms with Crippen molar-refractivity contribution in [2.45, 2.75) is 34.1 Å². The van der Waals surface area contributed by atoms with Gasteiger partial charge in [-0.3, -0.25) is 0 Å². The molecule has 0 unspecified atom stereocenters. The monoisotopic (exact) mass is 255 g/mol. The van der Waals surface area contributed by atoms with E-state index in [1.807, 2.05) is 5.51 Å². The summed E-state index contributed by atoms with van der Waals surface area (Å²) in [6, 6.07) is 0. The van der Waals surface area contributed by atoms with Crippen LogP contribution in [0, 0.1) is 12.3 Å². The Balaban J connectivity index is 2.45. The van der Waals surface area contributed by atoms with Crippen molar-refractivity contribution < 1.29 is 0 Å². The largest absolute Gasteiger partial charge is 0.330 e. The quantitative estimate of drug-likeness (QED) is 0.813. The van der Waals surface area contributed by atoms with Crippen molar-refractivity contribution in [1.82, 2.24) is 9.88 Å². The van der Waals surface area contributed by atoms with Gasteiger partial charge in [0, 0.05) is 18.0 Å². The number of aromatic nitrogens is 1. The van der Waals surface area contributed by atoms with E-state index in [0.29, 0.717) is 0 Å². The van der Waals surface area contributed by atoms with Gasteiger partial charge in [-0.2, -0.15) is 0 Å². The molecule has 0 aromatic carbocycles. The molecule has 0 aliphatic heterocycles. The van der Waals surface area contributed by atoms with Gasteiger partial charge < -0.3 is 10.6 Å². The fraction of sp³-hybridized carbons (Fsp3) is 0.769. The standard InChI is InChI=1S/C13H25N3S/c1-5-16(9-13(3,4)8-14)7-6-12-11(2)15-10-17-12/h10H,5-9,14H2,1-4H3. The average Bonchev–Trinajstić information content (AvgIpc) is 2.70. The van der Waals surface area contributed by atoms with Gasteiger partial charge in [-0.15, -0.1) is 11.3 Å². The van der Waals surface area contributed by atoms with Crippen LogP contribution in [0.2, 0.25) is 0 Å². The van der Waals surface area contributed by atoms with Crippen molar-refractivity contribution in [2.24, 2.45) is 11.1 Å². The molecule has 0 amide bonds. The lowest BCUT2D eigenvalue weighted by atomic mass is 9.93. The van der Waals surface area contributed by atoms with Crippen LogP contribution in [0.25, 0.3) is 0 Å². The second-order valence-electron chi connectivity index (χ2n) is 5.35. The highest BCUT2D eigenvalue weighted by molar-refractivity contribution is 7.09. The number of nitrogens with zero attached hydrogens (tertiary/aromatic N) is 2. The van der Waals surface area contributed by atoms with Gasteiger partial charge >= 0.3 is 0 Å². The second-order valence-corrected chi connectivity index (χ2v) is 6.29. The molecular weight excluding hydrogens is 230 g/mol. The van der Waals surface area contributed by atoms with Crippen molar-refractivity contribution in [3.8, 4) is 0 Å². The normalized spacial score (nSPS) is 12.4. The third-order valence-corrected chi connectivity index (χ3v) is 4.15. The maximum absolute atomic E-state index is 5.79. The smallest absolute Gasteiger partial charge is 0.0797 e. The molecule has 0 atom stereocenters. The minimum Gasteiger partial charge on any atom is -0.330 e. The zero-order valence-electron chi connectivity index (χ0n) is 11.5. The number of rotatable bonds is 7. The maximum atomic E-state index is 5.79. The lowest BCUT2D eigenvalue weighted by Gasteiger charge is -2.30. The van der Waals surface area contributed by atoms with Crippen LogP contribution in [0.4, 0.5) is 0 Å². The first-order valence-electron chi connectivity index (χ1n) is 6.30. The summed E-state index contributed by atoms with van der Waals surface area (Å²) in [5.74, 6) is 0. The van der Waals surface area contributed by atoms with Crippen LogP contribution in [0.1, 0.15) is 31.3 Å². The van der Waals surface area contributed by atoms with E-state index in [9.17, 15) is 0 Å². The number of nitrogens with two attached hydrogens (primary N) is 1. The molecule has 4 heteroatoms. The molecule has 0 saturated carbocycles. The summed E-state index contributed by atoms with van der Waals surface area (Å²) in [6.45, 7) is 12.8. The van der Waals surface area contributed by atoms with Crippen LogP contribution in [0.3, 0.4) is 0 Å². The molecule has 1 aromatic heterocycles. The van der Waals surface area contributed by atoms with Gasteiger partial charge in [0.1, 0.15) is 0 Å². The number of thiazole rings is 1. The second kappa shape index (κ2) is 6.47. The number of likely N-dealkylation sites (N-methyl/N-ethyl adjacent to an activating group) is 1. The predicted molar refractivity (Wildman–Crippen MR) is 75.5 cm³/mol. The van der Waals surface area contributed by atoms with Crippen LogP contribution < -0.4 is 5.73 Å². The van der Waals surface area contributed by atoms with E-state index in [1.54, 1.807) is 11.3 Å². The van der Waals surface area contributed by atoms with Crippen molar-refractivity contribution in [3.63, 3.8) is 0 Å². The molecule has 2 N–H and O–H groups in total.